The first-order chi connectivity index (χ1) is 8.81. The van der Waals surface area contributed by atoms with E-state index in [0.717, 1.165) is 12.3 Å². The number of aliphatic hydroxyl groups is 1. The number of aliphatic hydroxyl groups excluding tert-OH is 1. The van der Waals surface area contributed by atoms with Gasteiger partial charge in [-0.25, -0.2) is 0 Å². The fourth-order valence-corrected chi connectivity index (χ4v) is 15.4. The van der Waals surface area contributed by atoms with E-state index in [1.807, 2.05) is 0 Å². The van der Waals surface area contributed by atoms with Crippen molar-refractivity contribution in [1.29, 1.82) is 0 Å². The second-order valence-corrected chi connectivity index (χ2v) is 20.7. The van der Waals surface area contributed by atoms with E-state index in [1.165, 1.54) is 39.1 Å². The molecule has 0 aromatic rings. The zero-order chi connectivity index (χ0) is 14.3. The Morgan fingerprint density at radius 2 is 2.00 bits per heavy atom. The quantitative estimate of drug-likeness (QED) is 0.607. The van der Waals surface area contributed by atoms with Crippen molar-refractivity contribution in [3.05, 3.63) is 0 Å². The van der Waals surface area contributed by atoms with Crippen molar-refractivity contribution in [2.45, 2.75) is 79.3 Å². The molecule has 2 rings (SSSR count). The normalized spacial score (nSPS) is 41.2. The molecule has 2 fully saturated rings. The van der Waals surface area contributed by atoms with E-state index in [0.29, 0.717) is 5.41 Å². The van der Waals surface area contributed by atoms with Gasteiger partial charge >= 0.3 is 127 Å². The molecule has 4 atom stereocenters. The van der Waals surface area contributed by atoms with Crippen molar-refractivity contribution in [2.75, 3.05) is 0 Å². The molecule has 0 aliphatic heterocycles. The van der Waals surface area contributed by atoms with Crippen LogP contribution in [0.4, 0.5) is 0 Å². The van der Waals surface area contributed by atoms with Crippen LogP contribution in [0.5, 0.6) is 0 Å². The van der Waals surface area contributed by atoms with Crippen molar-refractivity contribution < 1.29 is 5.11 Å². The fraction of sp³-hybridized carbons (Fsp3) is 1.00. The van der Waals surface area contributed by atoms with Crippen LogP contribution in [0, 0.1) is 16.7 Å². The van der Waals surface area contributed by atoms with Crippen LogP contribution >= 0.6 is 8.96 Å². The molecular weight excluding hydrogens is 371 g/mol. The second-order valence-electron chi connectivity index (χ2n) is 7.30. The summed E-state index contributed by atoms with van der Waals surface area (Å²) in [5.41, 5.74) is 0.462. The number of fused-ring (bicyclic) bond motifs is 2. The van der Waals surface area contributed by atoms with Gasteiger partial charge in [0.15, 0.2) is 0 Å². The van der Waals surface area contributed by atoms with Gasteiger partial charge in [-0.1, -0.05) is 0 Å². The molecule has 114 valence electrons. The molecule has 0 radical (unpaired) electrons. The van der Waals surface area contributed by atoms with Crippen LogP contribution in [-0.2, 0) is 0 Å². The summed E-state index contributed by atoms with van der Waals surface area (Å²) >= 11 is -2.28. The molecule has 0 aromatic carbocycles. The van der Waals surface area contributed by atoms with Crippen LogP contribution < -0.4 is 0 Å². The summed E-state index contributed by atoms with van der Waals surface area (Å²) in [6, 6.07) is 0. The van der Waals surface area contributed by atoms with Crippen molar-refractivity contribution in [1.82, 2.24) is 0 Å². The molecule has 2 saturated carbocycles. The molecule has 2 aliphatic rings. The second kappa shape index (κ2) is 5.68. The molecule has 2 bridgehead atoms. The van der Waals surface area contributed by atoms with Crippen molar-refractivity contribution in [3.8, 4) is 0 Å². The molecule has 19 heavy (non-hydrogen) atoms. The Balaban J connectivity index is 2.20. The molecule has 3 heteroatoms. The summed E-state index contributed by atoms with van der Waals surface area (Å²) in [4.78, 5) is 0. The minimum atomic E-state index is -2.28. The fourth-order valence-electron chi connectivity index (χ4n) is 4.56. The van der Waals surface area contributed by atoms with Gasteiger partial charge in [-0.05, 0) is 0 Å². The molecule has 0 amide bonds. The van der Waals surface area contributed by atoms with Crippen LogP contribution in [0.25, 0.3) is 0 Å². The van der Waals surface area contributed by atoms with Gasteiger partial charge in [0.2, 0.25) is 0 Å². The van der Waals surface area contributed by atoms with E-state index >= 15 is 0 Å². The van der Waals surface area contributed by atoms with E-state index in [-0.39, 0.29) is 11.5 Å². The Morgan fingerprint density at radius 3 is 2.42 bits per heavy atom. The summed E-state index contributed by atoms with van der Waals surface area (Å²) in [5.74, 6) is 0.731. The molecule has 4 unspecified atom stereocenters. The first kappa shape index (κ1) is 16.4. The number of rotatable bonds is 6. The van der Waals surface area contributed by atoms with Crippen molar-refractivity contribution >= 4 is 26.0 Å². The van der Waals surface area contributed by atoms with Gasteiger partial charge in [0.25, 0.3) is 0 Å². The average molecular weight is 402 g/mol. The Kier molecular flexibility index (Phi) is 4.90. The molecule has 0 heterocycles. The third kappa shape index (κ3) is 2.61. The first-order valence-corrected chi connectivity index (χ1v) is 15.8. The topological polar surface area (TPSA) is 20.2 Å². The van der Waals surface area contributed by atoms with Crippen molar-refractivity contribution in [3.63, 3.8) is 0 Å². The van der Waals surface area contributed by atoms with Gasteiger partial charge < -0.3 is 0 Å². The molecule has 2 aliphatic carbocycles. The van der Waals surface area contributed by atoms with Crippen LogP contribution in [0.2, 0.25) is 13.4 Å². The maximum atomic E-state index is 10.7. The van der Waals surface area contributed by atoms with E-state index < -0.39 is 17.1 Å². The van der Waals surface area contributed by atoms with Gasteiger partial charge in [0.1, 0.15) is 0 Å². The maximum absolute atomic E-state index is 10.7. The summed E-state index contributed by atoms with van der Waals surface area (Å²) in [7, 11) is 7.14. The van der Waals surface area contributed by atoms with E-state index in [2.05, 4.69) is 27.7 Å². The van der Waals surface area contributed by atoms with E-state index in [1.54, 1.807) is 0 Å². The SMILES string of the molecule is CCCC[Te](Cl)(CC)CC12CCC(CC1O)C2(C)C. The number of hydrogen-bond donors (Lipinski definition) is 1. The Bertz CT molecular complexity index is 333. The molecule has 0 spiro atoms. The Hall–Kier alpha value is 1.04. The standard InChI is InChI=1S/C16H31ClOTe/c1-5-7-10-19(17,6-2)12-16-9-8-13(11-14(16)18)15(16,3)4/h13-14,18H,5-12H2,1-4H3. The van der Waals surface area contributed by atoms with Gasteiger partial charge in [-0.2, -0.15) is 0 Å². The van der Waals surface area contributed by atoms with Crippen LogP contribution in [0.1, 0.15) is 59.8 Å². The zero-order valence-corrected chi connectivity index (χ0v) is 16.1. The molecule has 0 aromatic heterocycles. The predicted molar refractivity (Wildman–Crippen MR) is 86.2 cm³/mol. The van der Waals surface area contributed by atoms with Crippen LogP contribution in [0.3, 0.4) is 0 Å². The number of halogens is 1. The van der Waals surface area contributed by atoms with Gasteiger partial charge in [0.05, 0.1) is 0 Å². The third-order valence-electron chi connectivity index (χ3n) is 6.29. The summed E-state index contributed by atoms with van der Waals surface area (Å²) in [6.45, 7) is 9.35. The molecular formula is C16H31ClOTe. The first-order valence-electron chi connectivity index (χ1n) is 7.95. The summed E-state index contributed by atoms with van der Waals surface area (Å²) in [6.07, 6.45) is 6.02. The average Bonchev–Trinajstić information content (AvgIpc) is 2.70. The number of unbranched alkanes of at least 4 members (excludes halogenated alkanes) is 1. The zero-order valence-electron chi connectivity index (χ0n) is 13.0. The molecule has 0 saturated heterocycles. The van der Waals surface area contributed by atoms with Gasteiger partial charge in [-0.15, -0.1) is 0 Å². The third-order valence-corrected chi connectivity index (χ3v) is 18.3. The monoisotopic (exact) mass is 404 g/mol. The predicted octanol–water partition coefficient (Wildman–Crippen LogP) is 5.18. The van der Waals surface area contributed by atoms with Crippen LogP contribution in [0.15, 0.2) is 0 Å². The van der Waals surface area contributed by atoms with Gasteiger partial charge in [-0.3, -0.25) is 0 Å². The van der Waals surface area contributed by atoms with Crippen molar-refractivity contribution in [2.24, 2.45) is 16.7 Å². The minimum absolute atomic E-state index is 0.0844. The Labute approximate surface area is 127 Å². The van der Waals surface area contributed by atoms with E-state index in [4.69, 9.17) is 8.96 Å². The molecule has 1 nitrogen and oxygen atoms in total. The molecule has 1 N–H and O–H groups in total. The summed E-state index contributed by atoms with van der Waals surface area (Å²) < 4.78 is 3.68. The van der Waals surface area contributed by atoms with Gasteiger partial charge in [0, 0.05) is 0 Å². The summed E-state index contributed by atoms with van der Waals surface area (Å²) in [5, 5.41) is 10.7. The van der Waals surface area contributed by atoms with E-state index in [9.17, 15) is 5.11 Å². The van der Waals surface area contributed by atoms with Crippen LogP contribution in [-0.4, -0.2) is 28.3 Å². The Morgan fingerprint density at radius 1 is 1.32 bits per heavy atom. The number of hydrogen-bond acceptors (Lipinski definition) is 1.